The number of nitrogens with one attached hydrogen (secondary N) is 1. The number of Topliss-reactive ketones (excluding diaryl/α,β-unsaturated/α-hetero) is 1. The fourth-order valence-electron chi connectivity index (χ4n) is 2.88. The van der Waals surface area contributed by atoms with Crippen LogP contribution in [0.25, 0.3) is 0 Å². The molecule has 6 nitrogen and oxygen atoms in total. The largest absolute Gasteiger partial charge is 0.479 e. The molecule has 1 heterocycles. The van der Waals surface area contributed by atoms with Gasteiger partial charge in [0, 0.05) is 13.6 Å². The number of carbonyl (C=O) groups excluding carboxylic acids is 2. The lowest BCUT2D eigenvalue weighted by Gasteiger charge is -2.40. The van der Waals surface area contributed by atoms with Crippen LogP contribution < -0.4 is 5.32 Å². The fraction of sp³-hybridized carbons (Fsp3) is 0.769. The summed E-state index contributed by atoms with van der Waals surface area (Å²) in [5, 5.41) is 12.6. The molecule has 0 spiro atoms. The highest BCUT2D eigenvalue weighted by atomic mass is 16.4. The van der Waals surface area contributed by atoms with Gasteiger partial charge in [0.15, 0.2) is 5.78 Å². The van der Waals surface area contributed by atoms with Crippen molar-refractivity contribution >= 4 is 17.7 Å². The molecule has 1 fully saturated rings. The minimum atomic E-state index is -1.78. The van der Waals surface area contributed by atoms with Gasteiger partial charge in [0.05, 0.1) is 5.92 Å². The zero-order valence-corrected chi connectivity index (χ0v) is 11.9. The Morgan fingerprint density at radius 2 is 1.95 bits per heavy atom. The van der Waals surface area contributed by atoms with Gasteiger partial charge in [-0.25, -0.2) is 4.79 Å². The number of hydrogen-bond donors (Lipinski definition) is 2. The Balaban J connectivity index is 3.13. The summed E-state index contributed by atoms with van der Waals surface area (Å²) in [5.41, 5.74) is -1.78. The molecule has 108 valence electrons. The van der Waals surface area contributed by atoms with Crippen molar-refractivity contribution in [1.29, 1.82) is 0 Å². The normalized spacial score (nSPS) is 22.1. The predicted octanol–water partition coefficient (Wildman–Crippen LogP) is 0.123. The average Bonchev–Trinajstić information content (AvgIpc) is 2.80. The van der Waals surface area contributed by atoms with Gasteiger partial charge in [-0.1, -0.05) is 13.8 Å². The molecule has 1 aliphatic heterocycles. The number of rotatable bonds is 5. The standard InChI is InChI=1S/C13H22N2O4/c1-8(2)13(9(3)16,12(18)19)15(4)11(17)10-5-6-14-7-10/h8,10,14H,5-7H2,1-4H3,(H,18,19)/t10?,13-/m1/s1. The first-order valence-electron chi connectivity index (χ1n) is 6.49. The van der Waals surface area contributed by atoms with Crippen LogP contribution in [0.5, 0.6) is 0 Å². The number of hydrogen-bond acceptors (Lipinski definition) is 4. The minimum absolute atomic E-state index is 0.248. The third-order valence-corrected chi connectivity index (χ3v) is 3.97. The summed E-state index contributed by atoms with van der Waals surface area (Å²) in [7, 11) is 1.41. The maximum absolute atomic E-state index is 12.4. The Morgan fingerprint density at radius 3 is 2.26 bits per heavy atom. The van der Waals surface area contributed by atoms with Crippen LogP contribution in [0.1, 0.15) is 27.2 Å². The summed E-state index contributed by atoms with van der Waals surface area (Å²) in [6.45, 7) is 5.80. The predicted molar refractivity (Wildman–Crippen MR) is 69.6 cm³/mol. The molecule has 19 heavy (non-hydrogen) atoms. The molecule has 0 radical (unpaired) electrons. The molecule has 1 amide bonds. The highest BCUT2D eigenvalue weighted by Crippen LogP contribution is 2.28. The number of carboxylic acid groups (broad SMARTS) is 1. The van der Waals surface area contributed by atoms with Crippen LogP contribution in [-0.2, 0) is 14.4 Å². The van der Waals surface area contributed by atoms with E-state index in [1.165, 1.54) is 14.0 Å². The van der Waals surface area contributed by atoms with Crippen LogP contribution in [-0.4, -0.2) is 53.3 Å². The molecule has 0 aromatic heterocycles. The van der Waals surface area contributed by atoms with Gasteiger partial charge < -0.3 is 15.3 Å². The number of carbonyl (C=O) groups is 3. The molecule has 1 unspecified atom stereocenters. The van der Waals surface area contributed by atoms with E-state index >= 15 is 0 Å². The topological polar surface area (TPSA) is 86.7 Å². The number of ketones is 1. The zero-order valence-electron chi connectivity index (χ0n) is 11.9. The van der Waals surface area contributed by atoms with Gasteiger partial charge in [-0.2, -0.15) is 0 Å². The Morgan fingerprint density at radius 1 is 1.37 bits per heavy atom. The lowest BCUT2D eigenvalue weighted by Crippen LogP contribution is -2.64. The molecular formula is C13H22N2O4. The van der Waals surface area contributed by atoms with Gasteiger partial charge in [-0.15, -0.1) is 0 Å². The minimum Gasteiger partial charge on any atom is -0.479 e. The van der Waals surface area contributed by atoms with Gasteiger partial charge in [0.1, 0.15) is 0 Å². The van der Waals surface area contributed by atoms with E-state index in [9.17, 15) is 19.5 Å². The summed E-state index contributed by atoms with van der Waals surface area (Å²) in [4.78, 5) is 37.1. The number of carboxylic acids is 1. The molecule has 6 heteroatoms. The fourth-order valence-corrected chi connectivity index (χ4v) is 2.88. The van der Waals surface area contributed by atoms with E-state index in [2.05, 4.69) is 5.32 Å². The lowest BCUT2D eigenvalue weighted by atomic mass is 9.80. The van der Waals surface area contributed by atoms with Crippen LogP contribution in [0.3, 0.4) is 0 Å². The Hall–Kier alpha value is -1.43. The third kappa shape index (κ3) is 2.49. The average molecular weight is 270 g/mol. The van der Waals surface area contributed by atoms with Crippen molar-refractivity contribution in [3.8, 4) is 0 Å². The summed E-state index contributed by atoms with van der Waals surface area (Å²) in [6, 6.07) is 0. The molecule has 2 atom stereocenters. The van der Waals surface area contributed by atoms with Gasteiger partial charge >= 0.3 is 5.97 Å². The van der Waals surface area contributed by atoms with E-state index in [4.69, 9.17) is 0 Å². The van der Waals surface area contributed by atoms with Crippen LogP contribution in [0.15, 0.2) is 0 Å². The maximum Gasteiger partial charge on any atom is 0.337 e. The molecule has 0 aromatic carbocycles. The quantitative estimate of drug-likeness (QED) is 0.693. The zero-order chi connectivity index (χ0) is 14.8. The first kappa shape index (κ1) is 15.6. The van der Waals surface area contributed by atoms with Crippen molar-refractivity contribution in [2.24, 2.45) is 11.8 Å². The van der Waals surface area contributed by atoms with E-state index in [-0.39, 0.29) is 11.8 Å². The van der Waals surface area contributed by atoms with Crippen molar-refractivity contribution in [2.75, 3.05) is 20.1 Å². The molecule has 1 rings (SSSR count). The first-order valence-corrected chi connectivity index (χ1v) is 6.49. The Kier molecular flexibility index (Phi) is 4.68. The van der Waals surface area contributed by atoms with E-state index in [1.807, 2.05) is 0 Å². The number of amides is 1. The second-order valence-corrected chi connectivity index (χ2v) is 5.37. The summed E-state index contributed by atoms with van der Waals surface area (Å²) in [6.07, 6.45) is 0.675. The van der Waals surface area contributed by atoms with E-state index in [1.54, 1.807) is 13.8 Å². The molecule has 1 aliphatic rings. The van der Waals surface area contributed by atoms with E-state index in [0.717, 1.165) is 11.4 Å². The van der Waals surface area contributed by atoms with Crippen molar-refractivity contribution in [3.05, 3.63) is 0 Å². The number of aliphatic carboxylic acids is 1. The summed E-state index contributed by atoms with van der Waals surface area (Å²) >= 11 is 0. The molecule has 1 saturated heterocycles. The highest BCUT2D eigenvalue weighted by molar-refractivity contribution is 6.09. The third-order valence-electron chi connectivity index (χ3n) is 3.97. The highest BCUT2D eigenvalue weighted by Gasteiger charge is 2.52. The summed E-state index contributed by atoms with van der Waals surface area (Å²) < 4.78 is 0. The number of likely N-dealkylation sites (N-methyl/N-ethyl adjacent to an activating group) is 1. The van der Waals surface area contributed by atoms with Crippen molar-refractivity contribution in [3.63, 3.8) is 0 Å². The van der Waals surface area contributed by atoms with Gasteiger partial charge in [-0.05, 0) is 25.8 Å². The SMILES string of the molecule is CC(=O)[C@@](C(=O)O)(C(C)C)N(C)C(=O)C1CCNC1. The van der Waals surface area contributed by atoms with E-state index in [0.29, 0.717) is 13.0 Å². The molecule has 0 bridgehead atoms. The Bertz CT molecular complexity index is 372. The van der Waals surface area contributed by atoms with Gasteiger partial charge in [0.2, 0.25) is 11.4 Å². The Labute approximate surface area is 113 Å². The van der Waals surface area contributed by atoms with Crippen molar-refractivity contribution < 1.29 is 19.5 Å². The van der Waals surface area contributed by atoms with Crippen LogP contribution >= 0.6 is 0 Å². The van der Waals surface area contributed by atoms with Crippen molar-refractivity contribution in [2.45, 2.75) is 32.7 Å². The molecule has 2 N–H and O–H groups in total. The smallest absolute Gasteiger partial charge is 0.337 e. The van der Waals surface area contributed by atoms with Crippen LogP contribution in [0.4, 0.5) is 0 Å². The lowest BCUT2D eigenvalue weighted by molar-refractivity contribution is -0.167. The molecular weight excluding hydrogens is 248 g/mol. The molecule has 0 aliphatic carbocycles. The second kappa shape index (κ2) is 5.69. The van der Waals surface area contributed by atoms with Crippen LogP contribution in [0, 0.1) is 11.8 Å². The maximum atomic E-state index is 12.4. The van der Waals surface area contributed by atoms with Crippen LogP contribution in [0.2, 0.25) is 0 Å². The van der Waals surface area contributed by atoms with Gasteiger partial charge in [0.25, 0.3) is 0 Å². The summed E-state index contributed by atoms with van der Waals surface area (Å²) in [5.74, 6) is -2.81. The van der Waals surface area contributed by atoms with Crippen molar-refractivity contribution in [1.82, 2.24) is 10.2 Å². The monoisotopic (exact) mass is 270 g/mol. The van der Waals surface area contributed by atoms with Gasteiger partial charge in [-0.3, -0.25) is 9.59 Å². The van der Waals surface area contributed by atoms with E-state index < -0.39 is 23.2 Å². The molecule has 0 saturated carbocycles. The number of nitrogens with zero attached hydrogens (tertiary/aromatic N) is 1. The first-order chi connectivity index (χ1) is 8.76. The second-order valence-electron chi connectivity index (χ2n) is 5.37. The molecule has 0 aromatic rings.